The van der Waals surface area contributed by atoms with Gasteiger partial charge in [0.05, 0.1) is 12.3 Å². The van der Waals surface area contributed by atoms with Gasteiger partial charge in [0, 0.05) is 18.5 Å². The first-order valence-electron chi connectivity index (χ1n) is 6.51. The van der Waals surface area contributed by atoms with Crippen molar-refractivity contribution in [2.24, 2.45) is 5.73 Å². The van der Waals surface area contributed by atoms with E-state index in [9.17, 15) is 0 Å². The molecule has 0 amide bonds. The molecule has 0 aliphatic carbocycles. The molecule has 20 heavy (non-hydrogen) atoms. The molecule has 108 valence electrons. The fourth-order valence-electron chi connectivity index (χ4n) is 2.07. The standard InChI is InChI=1S/C15H20N2O2S/c1-10-5-4-6-11(2)15(10)19-9-14-17-12(8-18-3)13(7-16)20-14/h4-6H,7-9,16H2,1-3H3. The van der Waals surface area contributed by atoms with Crippen LogP contribution in [0.5, 0.6) is 5.75 Å². The Morgan fingerprint density at radius 3 is 2.50 bits per heavy atom. The minimum absolute atomic E-state index is 0.465. The number of ether oxygens (including phenoxy) is 2. The van der Waals surface area contributed by atoms with Crippen LogP contribution in [-0.4, -0.2) is 12.1 Å². The van der Waals surface area contributed by atoms with E-state index in [1.807, 2.05) is 32.0 Å². The van der Waals surface area contributed by atoms with Gasteiger partial charge in [0.2, 0.25) is 0 Å². The lowest BCUT2D eigenvalue weighted by atomic mass is 10.1. The van der Waals surface area contributed by atoms with Crippen LogP contribution in [0.15, 0.2) is 18.2 Å². The lowest BCUT2D eigenvalue weighted by molar-refractivity contribution is 0.181. The third-order valence-corrected chi connectivity index (χ3v) is 4.13. The van der Waals surface area contributed by atoms with Gasteiger partial charge in [-0.25, -0.2) is 4.98 Å². The van der Waals surface area contributed by atoms with Crippen LogP contribution < -0.4 is 10.5 Å². The van der Waals surface area contributed by atoms with Crippen molar-refractivity contribution >= 4 is 11.3 Å². The van der Waals surface area contributed by atoms with Gasteiger partial charge >= 0.3 is 0 Å². The second-order valence-electron chi connectivity index (χ2n) is 4.62. The summed E-state index contributed by atoms with van der Waals surface area (Å²) in [7, 11) is 1.66. The molecule has 0 aliphatic rings. The molecule has 1 heterocycles. The van der Waals surface area contributed by atoms with Crippen molar-refractivity contribution in [2.45, 2.75) is 33.6 Å². The molecule has 0 fully saturated rings. The topological polar surface area (TPSA) is 57.4 Å². The first-order valence-corrected chi connectivity index (χ1v) is 7.32. The number of methoxy groups -OCH3 is 1. The number of aromatic nitrogens is 1. The number of thiazole rings is 1. The summed E-state index contributed by atoms with van der Waals surface area (Å²) >= 11 is 1.59. The van der Waals surface area contributed by atoms with Crippen molar-refractivity contribution in [1.29, 1.82) is 0 Å². The number of hydrogen-bond acceptors (Lipinski definition) is 5. The number of nitrogens with zero attached hydrogens (tertiary/aromatic N) is 1. The number of benzene rings is 1. The van der Waals surface area contributed by atoms with Crippen LogP contribution in [0.25, 0.3) is 0 Å². The van der Waals surface area contributed by atoms with Crippen molar-refractivity contribution in [3.05, 3.63) is 44.9 Å². The maximum absolute atomic E-state index is 5.91. The molecule has 0 saturated carbocycles. The Balaban J connectivity index is 2.11. The molecule has 1 aromatic heterocycles. The second-order valence-corrected chi connectivity index (χ2v) is 5.79. The highest BCUT2D eigenvalue weighted by Gasteiger charge is 2.11. The Kier molecular flexibility index (Phi) is 5.11. The molecule has 4 nitrogen and oxygen atoms in total. The highest BCUT2D eigenvalue weighted by atomic mass is 32.1. The summed E-state index contributed by atoms with van der Waals surface area (Å²) in [4.78, 5) is 5.60. The van der Waals surface area contributed by atoms with E-state index in [1.165, 1.54) is 0 Å². The van der Waals surface area contributed by atoms with Gasteiger partial charge in [0.15, 0.2) is 0 Å². The first-order chi connectivity index (χ1) is 9.65. The number of aryl methyl sites for hydroxylation is 2. The number of nitrogens with two attached hydrogens (primary N) is 1. The van der Waals surface area contributed by atoms with Crippen LogP contribution in [0.1, 0.15) is 26.7 Å². The van der Waals surface area contributed by atoms with Crippen molar-refractivity contribution in [3.8, 4) is 5.75 Å². The van der Waals surface area contributed by atoms with Crippen LogP contribution >= 0.6 is 11.3 Å². The molecule has 0 spiro atoms. The van der Waals surface area contributed by atoms with Crippen molar-refractivity contribution in [1.82, 2.24) is 4.98 Å². The van der Waals surface area contributed by atoms with Crippen LogP contribution in [0.3, 0.4) is 0 Å². The van der Waals surface area contributed by atoms with Gasteiger partial charge in [-0.2, -0.15) is 0 Å². The normalized spacial score (nSPS) is 10.8. The fourth-order valence-corrected chi connectivity index (χ4v) is 2.93. The van der Waals surface area contributed by atoms with Gasteiger partial charge in [0.25, 0.3) is 0 Å². The van der Waals surface area contributed by atoms with E-state index in [1.54, 1.807) is 18.4 Å². The highest BCUT2D eigenvalue weighted by molar-refractivity contribution is 7.11. The molecular weight excluding hydrogens is 272 g/mol. The number of para-hydroxylation sites is 1. The van der Waals surface area contributed by atoms with Gasteiger partial charge in [-0.15, -0.1) is 11.3 Å². The summed E-state index contributed by atoms with van der Waals surface area (Å²) in [5.41, 5.74) is 8.91. The minimum atomic E-state index is 0.465. The molecule has 0 atom stereocenters. The summed E-state index contributed by atoms with van der Waals surface area (Å²) in [5, 5.41) is 0.931. The molecule has 0 bridgehead atoms. The molecule has 2 rings (SSSR count). The van der Waals surface area contributed by atoms with E-state index >= 15 is 0 Å². The molecule has 5 heteroatoms. The maximum Gasteiger partial charge on any atom is 0.140 e. The zero-order chi connectivity index (χ0) is 14.5. The Hall–Kier alpha value is -1.43. The summed E-state index contributed by atoms with van der Waals surface area (Å²) in [6.45, 7) is 5.54. The predicted molar refractivity (Wildman–Crippen MR) is 81.0 cm³/mol. The Morgan fingerprint density at radius 1 is 1.20 bits per heavy atom. The summed E-state index contributed by atoms with van der Waals surface area (Å²) < 4.78 is 11.0. The quantitative estimate of drug-likeness (QED) is 0.889. The van der Waals surface area contributed by atoms with Gasteiger partial charge in [-0.3, -0.25) is 0 Å². The number of hydrogen-bond donors (Lipinski definition) is 1. The zero-order valence-corrected chi connectivity index (χ0v) is 12.9. The van der Waals surface area contributed by atoms with E-state index in [-0.39, 0.29) is 0 Å². The van der Waals surface area contributed by atoms with E-state index in [2.05, 4.69) is 4.98 Å². The van der Waals surface area contributed by atoms with Gasteiger partial charge < -0.3 is 15.2 Å². The van der Waals surface area contributed by atoms with Crippen LogP contribution in [0.2, 0.25) is 0 Å². The Labute approximate surface area is 123 Å². The maximum atomic E-state index is 5.91. The first kappa shape index (κ1) is 15.0. The van der Waals surface area contributed by atoms with Gasteiger partial charge in [-0.05, 0) is 25.0 Å². The lowest BCUT2D eigenvalue weighted by Gasteiger charge is -2.10. The molecule has 0 unspecified atom stereocenters. The predicted octanol–water partition coefficient (Wildman–Crippen LogP) is 2.94. The third kappa shape index (κ3) is 3.36. The largest absolute Gasteiger partial charge is 0.486 e. The average molecular weight is 292 g/mol. The van der Waals surface area contributed by atoms with E-state index in [0.29, 0.717) is 19.8 Å². The highest BCUT2D eigenvalue weighted by Crippen LogP contribution is 2.25. The van der Waals surface area contributed by atoms with E-state index in [0.717, 1.165) is 32.5 Å². The van der Waals surface area contributed by atoms with Crippen LogP contribution in [-0.2, 0) is 24.5 Å². The van der Waals surface area contributed by atoms with Gasteiger partial charge in [-0.1, -0.05) is 18.2 Å². The summed E-state index contributed by atoms with van der Waals surface area (Å²) in [6, 6.07) is 6.13. The zero-order valence-electron chi connectivity index (χ0n) is 12.1. The smallest absolute Gasteiger partial charge is 0.140 e. The van der Waals surface area contributed by atoms with Crippen LogP contribution in [0.4, 0.5) is 0 Å². The Morgan fingerprint density at radius 2 is 1.90 bits per heavy atom. The summed E-state index contributed by atoms with van der Waals surface area (Å²) in [5.74, 6) is 0.935. The van der Waals surface area contributed by atoms with Crippen LogP contribution in [0, 0.1) is 13.8 Å². The molecule has 2 aromatic rings. The SMILES string of the molecule is COCc1nc(COc2c(C)cccc2C)sc1CN. The number of rotatable bonds is 6. The van der Waals surface area contributed by atoms with Crippen molar-refractivity contribution < 1.29 is 9.47 Å². The summed E-state index contributed by atoms with van der Waals surface area (Å²) in [6.07, 6.45) is 0. The van der Waals surface area contributed by atoms with Crippen molar-refractivity contribution in [2.75, 3.05) is 7.11 Å². The van der Waals surface area contributed by atoms with Gasteiger partial charge in [0.1, 0.15) is 17.4 Å². The molecular formula is C15H20N2O2S. The lowest BCUT2D eigenvalue weighted by Crippen LogP contribution is -2.00. The molecule has 0 radical (unpaired) electrons. The monoisotopic (exact) mass is 292 g/mol. The van der Waals surface area contributed by atoms with Crippen molar-refractivity contribution in [3.63, 3.8) is 0 Å². The fraction of sp³-hybridized carbons (Fsp3) is 0.400. The molecule has 2 N–H and O–H groups in total. The molecule has 0 aliphatic heterocycles. The minimum Gasteiger partial charge on any atom is -0.486 e. The third-order valence-electron chi connectivity index (χ3n) is 3.04. The average Bonchev–Trinajstić information content (AvgIpc) is 2.81. The molecule has 1 aromatic carbocycles. The second kappa shape index (κ2) is 6.83. The molecule has 0 saturated heterocycles. The Bertz CT molecular complexity index is 561. The van der Waals surface area contributed by atoms with E-state index in [4.69, 9.17) is 15.2 Å². The van der Waals surface area contributed by atoms with E-state index < -0.39 is 0 Å².